The summed E-state index contributed by atoms with van der Waals surface area (Å²) in [6.07, 6.45) is 59.0. The molecule has 0 heteroatoms. The van der Waals surface area contributed by atoms with Crippen molar-refractivity contribution in [1.29, 1.82) is 0 Å². The van der Waals surface area contributed by atoms with E-state index in [2.05, 4.69) is 78.0 Å². The molecule has 0 aromatic carbocycles. The lowest BCUT2D eigenvalue weighted by Gasteiger charge is -2.37. The summed E-state index contributed by atoms with van der Waals surface area (Å²) < 4.78 is 0. The Bertz CT molecular complexity index is 995. The Morgan fingerprint density at radius 3 is 0.870 bits per heavy atom. The lowest BCUT2D eigenvalue weighted by atomic mass is 9.68. The van der Waals surface area contributed by atoms with E-state index >= 15 is 0 Å². The molecule has 0 bridgehead atoms. The van der Waals surface area contributed by atoms with Gasteiger partial charge in [0.2, 0.25) is 0 Å². The zero-order valence-electron chi connectivity index (χ0n) is 37.6. The molecule has 0 amide bonds. The second-order valence-corrected chi connectivity index (χ2v) is 20.3. The van der Waals surface area contributed by atoms with E-state index in [0.29, 0.717) is 0 Å². The average Bonchev–Trinajstić information content (AvgIpc) is 3.22. The fourth-order valence-corrected chi connectivity index (χ4v) is 13.1. The molecule has 0 spiro atoms. The zero-order chi connectivity index (χ0) is 38.4. The largest absolute Gasteiger partial charge is 0.0914 e. The van der Waals surface area contributed by atoms with Gasteiger partial charge < -0.3 is 0 Å². The number of unbranched alkanes of at least 4 members (excludes halogenated alkanes) is 1. The summed E-state index contributed by atoms with van der Waals surface area (Å²) >= 11 is 0. The molecule has 6 saturated carbocycles. The molecule has 324 valence electrons. The van der Waals surface area contributed by atoms with Crippen molar-refractivity contribution in [2.24, 2.45) is 71.0 Å². The fraction of sp³-hybridized carbons (Fsp3) is 0.889. The van der Waals surface area contributed by atoms with Gasteiger partial charge in [-0.2, -0.15) is 0 Å². The molecule has 0 atom stereocenters. The van der Waals surface area contributed by atoms with E-state index in [9.17, 15) is 0 Å². The van der Waals surface area contributed by atoms with Crippen LogP contribution in [0, 0.1) is 71.0 Å². The summed E-state index contributed by atoms with van der Waals surface area (Å²) in [4.78, 5) is 0. The summed E-state index contributed by atoms with van der Waals surface area (Å²) in [6.45, 7) is 13.5. The summed E-state index contributed by atoms with van der Waals surface area (Å²) in [5.74, 6) is 12.4. The monoisotopic (exact) mass is 757 g/mol. The van der Waals surface area contributed by atoms with E-state index in [-0.39, 0.29) is 8.56 Å². The van der Waals surface area contributed by atoms with Crippen LogP contribution in [-0.2, 0) is 0 Å². The Hall–Kier alpha value is -0.780. The number of hydrogen-bond acceptors (Lipinski definition) is 0. The molecule has 0 aliphatic heterocycles. The summed E-state index contributed by atoms with van der Waals surface area (Å²) in [5.41, 5.74) is 0. The third kappa shape index (κ3) is 16.2. The highest BCUT2D eigenvalue weighted by Gasteiger charge is 2.32. The van der Waals surface area contributed by atoms with Gasteiger partial charge in [0.25, 0.3) is 0 Å². The minimum atomic E-state index is 0. The van der Waals surface area contributed by atoms with Gasteiger partial charge in [-0.15, -0.1) is 0 Å². The van der Waals surface area contributed by atoms with Crippen LogP contribution in [0.3, 0.4) is 0 Å². The Balaban J connectivity index is -0.000000775. The second kappa shape index (κ2) is 27.0. The van der Waals surface area contributed by atoms with Crippen LogP contribution in [0.2, 0.25) is 0 Å². The van der Waals surface area contributed by atoms with Crippen molar-refractivity contribution in [2.45, 2.75) is 234 Å². The van der Waals surface area contributed by atoms with E-state index in [0.717, 1.165) is 71.0 Å². The Kier molecular flexibility index (Phi) is 23.0. The van der Waals surface area contributed by atoms with Crippen molar-refractivity contribution in [3.05, 3.63) is 36.5 Å². The quantitative estimate of drug-likeness (QED) is 0.174. The minimum absolute atomic E-state index is 0. The predicted octanol–water partition coefficient (Wildman–Crippen LogP) is 19.4. The van der Waals surface area contributed by atoms with E-state index < -0.39 is 0 Å². The third-order valence-electron chi connectivity index (χ3n) is 16.8. The molecule has 0 aromatic heterocycles. The van der Waals surface area contributed by atoms with Crippen LogP contribution in [0.4, 0.5) is 0 Å². The highest BCUT2D eigenvalue weighted by molar-refractivity contribution is 4.93. The van der Waals surface area contributed by atoms with Gasteiger partial charge in [0, 0.05) is 8.56 Å². The molecule has 0 heterocycles. The maximum Gasteiger partial charge on any atom is 0 e. The van der Waals surface area contributed by atoms with Crippen LogP contribution in [0.15, 0.2) is 36.5 Å². The minimum Gasteiger partial charge on any atom is -0.0914 e. The number of rotatable bonds is 12. The molecule has 0 saturated heterocycles. The highest BCUT2D eigenvalue weighted by atomic mass is 14.4. The molecular formula is C54H108. The third-order valence-corrected chi connectivity index (χ3v) is 16.8. The van der Waals surface area contributed by atoms with Crippen molar-refractivity contribution in [1.82, 2.24) is 0 Å². The first kappa shape index (κ1) is 45.9. The normalized spacial score (nSPS) is 38.1. The molecule has 0 unspecified atom stereocenters. The van der Waals surface area contributed by atoms with Crippen molar-refractivity contribution in [3.8, 4) is 0 Å². The zero-order valence-corrected chi connectivity index (χ0v) is 37.6. The van der Waals surface area contributed by atoms with Gasteiger partial charge in [0.05, 0.1) is 0 Å². The van der Waals surface area contributed by atoms with Gasteiger partial charge in [-0.25, -0.2) is 0 Å². The van der Waals surface area contributed by atoms with Crippen molar-refractivity contribution < 1.29 is 8.56 Å². The van der Waals surface area contributed by atoms with Crippen molar-refractivity contribution in [3.63, 3.8) is 0 Å². The van der Waals surface area contributed by atoms with Gasteiger partial charge in [-0.05, 0) is 207 Å². The average molecular weight is 757 g/mol. The topological polar surface area (TPSA) is 0 Å². The number of hydrogen-bond donors (Lipinski definition) is 0. The maximum absolute atomic E-state index is 2.44. The number of allylic oxidation sites excluding steroid dienone is 6. The molecule has 0 aromatic rings. The summed E-state index contributed by atoms with van der Waals surface area (Å²) in [5, 5.41) is 0. The van der Waals surface area contributed by atoms with Gasteiger partial charge in [0.1, 0.15) is 0 Å². The van der Waals surface area contributed by atoms with Crippen LogP contribution in [0.1, 0.15) is 243 Å². The summed E-state index contributed by atoms with van der Waals surface area (Å²) in [7, 11) is 0. The lowest BCUT2D eigenvalue weighted by Crippen LogP contribution is -2.25. The molecule has 6 aliphatic carbocycles. The Labute approximate surface area is 349 Å². The van der Waals surface area contributed by atoms with Crippen molar-refractivity contribution >= 4 is 0 Å². The second-order valence-electron chi connectivity index (χ2n) is 20.3. The molecule has 0 nitrogen and oxygen atoms in total. The molecule has 0 radical (unpaired) electrons. The molecule has 0 N–H and O–H groups in total. The van der Waals surface area contributed by atoms with E-state index in [4.69, 9.17) is 0 Å². The van der Waals surface area contributed by atoms with Gasteiger partial charge >= 0.3 is 0 Å². The fourth-order valence-electron chi connectivity index (χ4n) is 13.1. The summed E-state index contributed by atoms with van der Waals surface area (Å²) in [6, 6.07) is 0. The first-order chi connectivity index (χ1) is 26.5. The first-order valence-corrected chi connectivity index (χ1v) is 25.4. The molecule has 6 rings (SSSR count). The highest BCUT2D eigenvalue weighted by Crippen LogP contribution is 2.45. The molecule has 6 aliphatic rings. The van der Waals surface area contributed by atoms with Crippen molar-refractivity contribution in [2.75, 3.05) is 0 Å². The van der Waals surface area contributed by atoms with E-state index in [1.807, 2.05) is 0 Å². The van der Waals surface area contributed by atoms with Crippen LogP contribution in [0.5, 0.6) is 0 Å². The standard InChI is InChI=1S/C19H34.C18H32.C17H30.6H2/c1-3-5-7-17-10-14-19(15-11-17)18-12-8-16(6-4-2)9-13-18;1-3-5-15-7-11-17(12-8-15)18-13-9-16(6-4-2)10-14-18;1-3-5-15-8-12-17(13-9-15)16-10-6-14(4-2)7-11-16;;;;;;/h4,6,16-19H,3,5,7-15H2,1-2H3;3,5,15-18H,4,6-14H2,1-2H3;3,5,14-17H,4,6-13H2,1-2H3;6*1H/b6-4+;2*5-3+;;;;;;. The smallest absolute Gasteiger partial charge is 0 e. The maximum atomic E-state index is 2.44. The Morgan fingerprint density at radius 2 is 0.611 bits per heavy atom. The molecule has 6 fully saturated rings. The van der Waals surface area contributed by atoms with Crippen LogP contribution in [0.25, 0.3) is 0 Å². The molecule has 54 heavy (non-hydrogen) atoms. The van der Waals surface area contributed by atoms with Gasteiger partial charge in [0.15, 0.2) is 0 Å². The van der Waals surface area contributed by atoms with Crippen LogP contribution in [-0.4, -0.2) is 0 Å². The molecular weight excluding hydrogens is 649 g/mol. The predicted molar refractivity (Wildman–Crippen MR) is 255 cm³/mol. The van der Waals surface area contributed by atoms with E-state index in [1.165, 1.54) is 154 Å². The Morgan fingerprint density at radius 1 is 0.333 bits per heavy atom. The SMILES string of the molecule is C/C=C/C1CCC(C2CCC(CC)CC2)CC1.C/C=C/C1CCC(C2CCC(CCC)CC2)CC1.C/C=C/C1CCC(C2CCC(CCCC)CC2)CC1.[HH].[HH].[HH].[HH].[HH].[HH]. The van der Waals surface area contributed by atoms with Crippen LogP contribution < -0.4 is 0 Å². The van der Waals surface area contributed by atoms with Gasteiger partial charge in [-0.1, -0.05) is 134 Å². The lowest BCUT2D eigenvalue weighted by molar-refractivity contribution is 0.151. The van der Waals surface area contributed by atoms with Crippen LogP contribution >= 0.6 is 0 Å². The van der Waals surface area contributed by atoms with Gasteiger partial charge in [-0.3, -0.25) is 0 Å². The first-order valence-electron chi connectivity index (χ1n) is 25.4. The van der Waals surface area contributed by atoms with E-state index in [1.54, 1.807) is 38.5 Å².